The van der Waals surface area contributed by atoms with Crippen LogP contribution in [0.25, 0.3) is 0 Å². The molecular formula is C6H10O3. The van der Waals surface area contributed by atoms with Gasteiger partial charge in [-0.2, -0.15) is 0 Å². The normalized spacial score (nSPS) is 34.8. The Kier molecular flexibility index (Phi) is 1.71. The fraction of sp³-hybridized carbons (Fsp3) is 0.833. The first-order valence-electron chi connectivity index (χ1n) is 3.06. The van der Waals surface area contributed by atoms with Crippen molar-refractivity contribution < 1.29 is 14.6 Å². The first-order chi connectivity index (χ1) is 4.22. The second kappa shape index (κ2) is 2.35. The minimum atomic E-state index is -0.736. The van der Waals surface area contributed by atoms with Crippen molar-refractivity contribution in [2.75, 3.05) is 6.61 Å². The van der Waals surface area contributed by atoms with Crippen LogP contribution in [0.2, 0.25) is 0 Å². The van der Waals surface area contributed by atoms with Crippen LogP contribution in [0.5, 0.6) is 0 Å². The first-order valence-corrected chi connectivity index (χ1v) is 3.06. The summed E-state index contributed by atoms with van der Waals surface area (Å²) in [5.74, 6) is -1.01. The van der Waals surface area contributed by atoms with E-state index in [1.165, 1.54) is 0 Å². The number of hydrogen-bond donors (Lipinski definition) is 1. The van der Waals surface area contributed by atoms with Gasteiger partial charge in [0.05, 0.1) is 12.0 Å². The number of carbonyl (C=O) groups is 1. The van der Waals surface area contributed by atoms with Crippen molar-refractivity contribution in [1.82, 2.24) is 0 Å². The second-order valence-electron chi connectivity index (χ2n) is 2.31. The predicted molar refractivity (Wildman–Crippen MR) is 31.2 cm³/mol. The molecule has 0 saturated carbocycles. The second-order valence-corrected chi connectivity index (χ2v) is 2.31. The van der Waals surface area contributed by atoms with E-state index >= 15 is 0 Å². The first kappa shape index (κ1) is 6.55. The molecule has 1 saturated heterocycles. The van der Waals surface area contributed by atoms with E-state index in [2.05, 4.69) is 0 Å². The van der Waals surface area contributed by atoms with E-state index in [1.54, 1.807) is 6.92 Å². The van der Waals surface area contributed by atoms with E-state index in [9.17, 15) is 4.79 Å². The third kappa shape index (κ3) is 1.21. The van der Waals surface area contributed by atoms with Crippen molar-refractivity contribution in [3.63, 3.8) is 0 Å². The largest absolute Gasteiger partial charge is 0.481 e. The van der Waals surface area contributed by atoms with Crippen LogP contribution in [0.1, 0.15) is 13.3 Å². The number of aliphatic carboxylic acids is 1. The lowest BCUT2D eigenvalue weighted by molar-refractivity contribution is -0.143. The number of carboxylic acid groups (broad SMARTS) is 1. The highest BCUT2D eigenvalue weighted by molar-refractivity contribution is 5.70. The molecule has 2 unspecified atom stereocenters. The summed E-state index contributed by atoms with van der Waals surface area (Å²) in [5, 5.41) is 8.50. The summed E-state index contributed by atoms with van der Waals surface area (Å²) in [4.78, 5) is 10.3. The Morgan fingerprint density at radius 2 is 2.44 bits per heavy atom. The van der Waals surface area contributed by atoms with E-state index in [4.69, 9.17) is 9.84 Å². The van der Waals surface area contributed by atoms with Gasteiger partial charge in [0.1, 0.15) is 0 Å². The van der Waals surface area contributed by atoms with Crippen molar-refractivity contribution in [1.29, 1.82) is 0 Å². The van der Waals surface area contributed by atoms with E-state index in [-0.39, 0.29) is 12.0 Å². The van der Waals surface area contributed by atoms with Crippen molar-refractivity contribution in [2.45, 2.75) is 19.4 Å². The molecule has 9 heavy (non-hydrogen) atoms. The van der Waals surface area contributed by atoms with Gasteiger partial charge in [0.2, 0.25) is 0 Å². The quantitative estimate of drug-likeness (QED) is 0.562. The van der Waals surface area contributed by atoms with Crippen molar-refractivity contribution >= 4 is 5.97 Å². The molecule has 3 nitrogen and oxygen atoms in total. The fourth-order valence-corrected chi connectivity index (χ4v) is 1.06. The summed E-state index contributed by atoms with van der Waals surface area (Å²) < 4.78 is 5.05. The van der Waals surface area contributed by atoms with Gasteiger partial charge in [-0.05, 0) is 13.3 Å². The molecule has 0 aliphatic carbocycles. The molecule has 1 aliphatic heterocycles. The minimum Gasteiger partial charge on any atom is -0.481 e. The monoisotopic (exact) mass is 130 g/mol. The zero-order chi connectivity index (χ0) is 6.85. The molecule has 0 aromatic carbocycles. The Labute approximate surface area is 53.6 Å². The van der Waals surface area contributed by atoms with Crippen LogP contribution in [0, 0.1) is 5.92 Å². The molecule has 52 valence electrons. The topological polar surface area (TPSA) is 46.5 Å². The molecule has 3 heteroatoms. The summed E-state index contributed by atoms with van der Waals surface area (Å²) >= 11 is 0. The summed E-state index contributed by atoms with van der Waals surface area (Å²) in [7, 11) is 0. The molecule has 0 aromatic rings. The zero-order valence-electron chi connectivity index (χ0n) is 5.33. The lowest BCUT2D eigenvalue weighted by Crippen LogP contribution is -2.20. The van der Waals surface area contributed by atoms with Gasteiger partial charge in [-0.15, -0.1) is 0 Å². The highest BCUT2D eigenvalue weighted by Gasteiger charge is 2.29. The van der Waals surface area contributed by atoms with Gasteiger partial charge in [0.15, 0.2) is 0 Å². The molecule has 1 fully saturated rings. The summed E-state index contributed by atoms with van der Waals surface area (Å²) in [6, 6.07) is 0. The van der Waals surface area contributed by atoms with Crippen LogP contribution in [0.3, 0.4) is 0 Å². The smallest absolute Gasteiger partial charge is 0.309 e. The Morgan fingerprint density at radius 1 is 1.78 bits per heavy atom. The van der Waals surface area contributed by atoms with Gasteiger partial charge in [0, 0.05) is 6.61 Å². The Morgan fingerprint density at radius 3 is 2.67 bits per heavy atom. The Hall–Kier alpha value is -0.570. The highest BCUT2D eigenvalue weighted by Crippen LogP contribution is 2.19. The maximum absolute atomic E-state index is 10.3. The molecule has 1 aliphatic rings. The van der Waals surface area contributed by atoms with E-state index in [0.29, 0.717) is 13.0 Å². The molecule has 0 bridgehead atoms. The third-order valence-corrected chi connectivity index (χ3v) is 1.69. The number of ether oxygens (including phenoxy) is 1. The molecule has 0 aromatic heterocycles. The summed E-state index contributed by atoms with van der Waals surface area (Å²) in [6.45, 7) is 2.39. The van der Waals surface area contributed by atoms with Gasteiger partial charge in [-0.3, -0.25) is 4.79 Å². The van der Waals surface area contributed by atoms with Gasteiger partial charge in [-0.1, -0.05) is 0 Å². The summed E-state index contributed by atoms with van der Waals surface area (Å²) in [6.07, 6.45) is 0.568. The molecule has 2 atom stereocenters. The number of carboxylic acids is 1. The highest BCUT2D eigenvalue weighted by atomic mass is 16.5. The SMILES string of the molecule is CC1OCCC1C(=O)O. The van der Waals surface area contributed by atoms with Crippen molar-refractivity contribution in [3.8, 4) is 0 Å². The lowest BCUT2D eigenvalue weighted by atomic mass is 10.0. The van der Waals surface area contributed by atoms with Crippen LogP contribution in [0.15, 0.2) is 0 Å². The van der Waals surface area contributed by atoms with Crippen LogP contribution in [0.4, 0.5) is 0 Å². The average Bonchev–Trinajstić information content (AvgIpc) is 2.13. The van der Waals surface area contributed by atoms with Crippen molar-refractivity contribution in [3.05, 3.63) is 0 Å². The van der Waals surface area contributed by atoms with E-state index < -0.39 is 5.97 Å². The molecule has 0 radical (unpaired) electrons. The molecule has 1 N–H and O–H groups in total. The Bertz CT molecular complexity index is 121. The van der Waals surface area contributed by atoms with Crippen molar-refractivity contribution in [2.24, 2.45) is 5.92 Å². The molecule has 0 spiro atoms. The zero-order valence-corrected chi connectivity index (χ0v) is 5.33. The van der Waals surface area contributed by atoms with Crippen LogP contribution >= 0.6 is 0 Å². The van der Waals surface area contributed by atoms with Crippen LogP contribution in [-0.4, -0.2) is 23.8 Å². The number of hydrogen-bond acceptors (Lipinski definition) is 2. The standard InChI is InChI=1S/C6H10O3/c1-4-5(6(7)8)2-3-9-4/h4-5H,2-3H2,1H3,(H,7,8). The van der Waals surface area contributed by atoms with E-state index in [1.807, 2.05) is 0 Å². The molecule has 1 heterocycles. The van der Waals surface area contributed by atoms with Crippen LogP contribution < -0.4 is 0 Å². The molecule has 0 amide bonds. The predicted octanol–water partition coefficient (Wildman–Crippen LogP) is 0.496. The van der Waals surface area contributed by atoms with E-state index in [0.717, 1.165) is 0 Å². The van der Waals surface area contributed by atoms with Gasteiger partial charge in [0.25, 0.3) is 0 Å². The Balaban J connectivity index is 2.49. The number of rotatable bonds is 1. The van der Waals surface area contributed by atoms with Gasteiger partial charge >= 0.3 is 5.97 Å². The fourth-order valence-electron chi connectivity index (χ4n) is 1.06. The molecule has 1 rings (SSSR count). The minimum absolute atomic E-state index is 0.0949. The summed E-state index contributed by atoms with van der Waals surface area (Å²) in [5.41, 5.74) is 0. The maximum atomic E-state index is 10.3. The molecular weight excluding hydrogens is 120 g/mol. The van der Waals surface area contributed by atoms with Crippen LogP contribution in [-0.2, 0) is 9.53 Å². The van der Waals surface area contributed by atoms with Gasteiger partial charge < -0.3 is 9.84 Å². The third-order valence-electron chi connectivity index (χ3n) is 1.69. The maximum Gasteiger partial charge on any atom is 0.309 e. The lowest BCUT2D eigenvalue weighted by Gasteiger charge is -2.06. The van der Waals surface area contributed by atoms with Gasteiger partial charge in [-0.25, -0.2) is 0 Å². The average molecular weight is 130 g/mol.